The summed E-state index contributed by atoms with van der Waals surface area (Å²) in [6.07, 6.45) is 1.84. The number of nitrogens with two attached hydrogens (primary N) is 1. The molecule has 9 heteroatoms. The molecule has 0 bridgehead atoms. The number of hydrogen-bond donors (Lipinski definition) is 4. The van der Waals surface area contributed by atoms with Gasteiger partial charge in [0.05, 0.1) is 17.7 Å². The van der Waals surface area contributed by atoms with Gasteiger partial charge in [0.2, 0.25) is 0 Å². The first-order chi connectivity index (χ1) is 14.4. The summed E-state index contributed by atoms with van der Waals surface area (Å²) in [7, 11) is 1.20. The number of H-pyrrole nitrogens is 1. The maximum atomic E-state index is 12.5. The molecule has 30 heavy (non-hydrogen) atoms. The molecule has 1 aromatic heterocycles. The van der Waals surface area contributed by atoms with Gasteiger partial charge < -0.3 is 26.1 Å². The van der Waals surface area contributed by atoms with Crippen molar-refractivity contribution >= 4 is 40.3 Å². The molecule has 2 aromatic carbocycles. The zero-order valence-electron chi connectivity index (χ0n) is 16.2. The molecule has 8 nitrogen and oxygen atoms in total. The highest BCUT2D eigenvalue weighted by Crippen LogP contribution is 2.20. The Morgan fingerprint density at radius 2 is 1.97 bits per heavy atom. The van der Waals surface area contributed by atoms with E-state index in [1.165, 1.54) is 25.3 Å². The minimum Gasteiger partial charge on any atom is -0.467 e. The lowest BCUT2D eigenvalue weighted by Crippen LogP contribution is -2.46. The van der Waals surface area contributed by atoms with E-state index in [1.54, 1.807) is 0 Å². The third-order valence-electron chi connectivity index (χ3n) is 4.63. The van der Waals surface area contributed by atoms with Gasteiger partial charge in [0.15, 0.2) is 0 Å². The van der Waals surface area contributed by atoms with E-state index in [4.69, 9.17) is 17.3 Å². The molecule has 0 aliphatic heterocycles. The predicted molar refractivity (Wildman–Crippen MR) is 113 cm³/mol. The second-order valence-corrected chi connectivity index (χ2v) is 6.93. The number of fused-ring (bicyclic) bond motifs is 1. The third-order valence-corrected chi connectivity index (χ3v) is 4.94. The SMILES string of the molecule is COC(=O)[C@H](CN)NC(=O)c1ccc(C(=O)NCc2cccc3[nH]ccc23)cc1Cl. The minimum absolute atomic E-state index is 0.0773. The fourth-order valence-electron chi connectivity index (χ4n) is 3.02. The van der Waals surface area contributed by atoms with E-state index >= 15 is 0 Å². The first-order valence-electron chi connectivity index (χ1n) is 9.16. The molecule has 0 saturated carbocycles. The highest BCUT2D eigenvalue weighted by molar-refractivity contribution is 6.34. The van der Waals surface area contributed by atoms with E-state index in [9.17, 15) is 14.4 Å². The Morgan fingerprint density at radius 3 is 2.67 bits per heavy atom. The molecule has 0 spiro atoms. The molecule has 0 aliphatic rings. The monoisotopic (exact) mass is 428 g/mol. The lowest BCUT2D eigenvalue weighted by atomic mass is 10.1. The van der Waals surface area contributed by atoms with E-state index in [1.807, 2.05) is 30.5 Å². The van der Waals surface area contributed by atoms with Crippen molar-refractivity contribution in [3.63, 3.8) is 0 Å². The molecule has 0 saturated heterocycles. The maximum Gasteiger partial charge on any atom is 0.329 e. The number of benzene rings is 2. The molecule has 0 aliphatic carbocycles. The number of carbonyl (C=O) groups is 3. The number of aromatic amines is 1. The van der Waals surface area contributed by atoms with Crippen LogP contribution in [0.3, 0.4) is 0 Å². The first kappa shape index (κ1) is 21.4. The van der Waals surface area contributed by atoms with Crippen LogP contribution < -0.4 is 16.4 Å². The summed E-state index contributed by atoms with van der Waals surface area (Å²) in [5.41, 5.74) is 7.87. The number of halogens is 1. The van der Waals surface area contributed by atoms with E-state index in [-0.39, 0.29) is 23.0 Å². The summed E-state index contributed by atoms with van der Waals surface area (Å²) in [6, 6.07) is 11.1. The molecular formula is C21H21ClN4O4. The smallest absolute Gasteiger partial charge is 0.329 e. The van der Waals surface area contributed by atoms with Crippen molar-refractivity contribution in [1.29, 1.82) is 0 Å². The van der Waals surface area contributed by atoms with E-state index < -0.39 is 17.9 Å². The molecule has 5 N–H and O–H groups in total. The van der Waals surface area contributed by atoms with Gasteiger partial charge in [-0.3, -0.25) is 9.59 Å². The lowest BCUT2D eigenvalue weighted by molar-refractivity contribution is -0.142. The van der Waals surface area contributed by atoms with Gasteiger partial charge >= 0.3 is 5.97 Å². The number of rotatable bonds is 7. The van der Waals surface area contributed by atoms with Gasteiger partial charge in [0.1, 0.15) is 6.04 Å². The summed E-state index contributed by atoms with van der Waals surface area (Å²) < 4.78 is 4.58. The standard InChI is InChI=1S/C21H21ClN4O4/c1-30-21(29)18(10-23)26-20(28)15-6-5-12(9-16(15)22)19(27)25-11-13-3-2-4-17-14(13)7-8-24-17/h2-9,18,24H,10-11,23H2,1H3,(H,25,27)(H,26,28)/t18-/m0/s1. The molecule has 0 unspecified atom stereocenters. The van der Waals surface area contributed by atoms with Crippen molar-refractivity contribution in [1.82, 2.24) is 15.6 Å². The van der Waals surface area contributed by atoms with Crippen molar-refractivity contribution in [3.8, 4) is 0 Å². The maximum absolute atomic E-state index is 12.5. The van der Waals surface area contributed by atoms with Crippen LogP contribution >= 0.6 is 11.6 Å². The minimum atomic E-state index is -0.988. The summed E-state index contributed by atoms with van der Waals surface area (Å²) >= 11 is 6.20. The number of carbonyl (C=O) groups excluding carboxylic acids is 3. The summed E-state index contributed by atoms with van der Waals surface area (Å²) in [6.45, 7) is 0.218. The fourth-order valence-corrected chi connectivity index (χ4v) is 3.28. The van der Waals surface area contributed by atoms with Gasteiger partial charge in [0, 0.05) is 35.8 Å². The number of amides is 2. The molecule has 2 amide bonds. The van der Waals surface area contributed by atoms with Crippen molar-refractivity contribution in [2.45, 2.75) is 12.6 Å². The zero-order valence-corrected chi connectivity index (χ0v) is 17.0. The van der Waals surface area contributed by atoms with Crippen LogP contribution in [0.2, 0.25) is 5.02 Å². The molecule has 156 valence electrons. The Morgan fingerprint density at radius 1 is 1.17 bits per heavy atom. The number of esters is 1. The predicted octanol–water partition coefficient (Wildman–Crippen LogP) is 1.98. The number of aromatic nitrogens is 1. The van der Waals surface area contributed by atoms with Crippen LogP contribution in [-0.4, -0.2) is 42.5 Å². The van der Waals surface area contributed by atoms with Crippen LogP contribution in [0, 0.1) is 0 Å². The fraction of sp³-hybridized carbons (Fsp3) is 0.190. The van der Waals surface area contributed by atoms with Crippen molar-refractivity contribution in [3.05, 3.63) is 70.4 Å². The second kappa shape index (κ2) is 9.43. The van der Waals surface area contributed by atoms with E-state index in [0.29, 0.717) is 12.1 Å². The van der Waals surface area contributed by atoms with Crippen molar-refractivity contribution in [2.75, 3.05) is 13.7 Å². The van der Waals surface area contributed by atoms with Crippen LogP contribution in [0.5, 0.6) is 0 Å². The Labute approximate surface area is 177 Å². The van der Waals surface area contributed by atoms with Crippen LogP contribution in [0.15, 0.2) is 48.7 Å². The molecule has 3 aromatic rings. The summed E-state index contributed by atoms with van der Waals surface area (Å²) in [5.74, 6) is -1.58. The van der Waals surface area contributed by atoms with Gasteiger partial charge in [-0.1, -0.05) is 23.7 Å². The number of ether oxygens (including phenoxy) is 1. The average Bonchev–Trinajstić information content (AvgIpc) is 3.24. The topological polar surface area (TPSA) is 126 Å². The van der Waals surface area contributed by atoms with Crippen LogP contribution in [0.4, 0.5) is 0 Å². The third kappa shape index (κ3) is 4.61. The molecule has 3 rings (SSSR count). The van der Waals surface area contributed by atoms with E-state index in [2.05, 4.69) is 20.4 Å². The Balaban J connectivity index is 1.68. The largest absolute Gasteiger partial charge is 0.467 e. The van der Waals surface area contributed by atoms with Crippen molar-refractivity contribution in [2.24, 2.45) is 5.73 Å². The van der Waals surface area contributed by atoms with Crippen LogP contribution in [0.25, 0.3) is 10.9 Å². The highest BCUT2D eigenvalue weighted by Gasteiger charge is 2.22. The Hall–Kier alpha value is -3.36. The quantitative estimate of drug-likeness (QED) is 0.428. The second-order valence-electron chi connectivity index (χ2n) is 6.52. The Kier molecular flexibility index (Phi) is 6.71. The molecular weight excluding hydrogens is 408 g/mol. The van der Waals surface area contributed by atoms with Gasteiger partial charge in [-0.05, 0) is 35.9 Å². The van der Waals surface area contributed by atoms with Gasteiger partial charge in [-0.2, -0.15) is 0 Å². The van der Waals surface area contributed by atoms with Gasteiger partial charge in [0.25, 0.3) is 11.8 Å². The number of methoxy groups -OCH3 is 1. The van der Waals surface area contributed by atoms with Crippen LogP contribution in [-0.2, 0) is 16.1 Å². The normalized spacial score (nSPS) is 11.7. The summed E-state index contributed by atoms with van der Waals surface area (Å²) in [4.78, 5) is 39.6. The number of nitrogens with one attached hydrogen (secondary N) is 3. The van der Waals surface area contributed by atoms with Gasteiger partial charge in [-0.15, -0.1) is 0 Å². The van der Waals surface area contributed by atoms with Crippen molar-refractivity contribution < 1.29 is 19.1 Å². The molecule has 1 heterocycles. The zero-order chi connectivity index (χ0) is 21.7. The molecule has 0 radical (unpaired) electrons. The van der Waals surface area contributed by atoms with E-state index in [0.717, 1.165) is 16.5 Å². The van der Waals surface area contributed by atoms with Crippen LogP contribution in [0.1, 0.15) is 26.3 Å². The Bertz CT molecular complexity index is 1100. The lowest BCUT2D eigenvalue weighted by Gasteiger charge is -2.15. The highest BCUT2D eigenvalue weighted by atomic mass is 35.5. The first-order valence-corrected chi connectivity index (χ1v) is 9.54. The molecule has 0 fully saturated rings. The summed E-state index contributed by atoms with van der Waals surface area (Å²) in [5, 5.41) is 6.41. The number of hydrogen-bond acceptors (Lipinski definition) is 5. The average molecular weight is 429 g/mol. The molecule has 1 atom stereocenters. The van der Waals surface area contributed by atoms with Gasteiger partial charge in [-0.25, -0.2) is 4.79 Å².